The van der Waals surface area contributed by atoms with Gasteiger partial charge in [0, 0.05) is 6.54 Å². The van der Waals surface area contributed by atoms with E-state index in [1.54, 1.807) is 18.9 Å². The van der Waals surface area contributed by atoms with Gasteiger partial charge in [0.25, 0.3) is 0 Å². The summed E-state index contributed by atoms with van der Waals surface area (Å²) in [4.78, 5) is 2.98. The van der Waals surface area contributed by atoms with Gasteiger partial charge in [-0.3, -0.25) is 0 Å². The molecule has 0 aliphatic carbocycles. The third-order valence-electron chi connectivity index (χ3n) is 2.33. The lowest BCUT2D eigenvalue weighted by molar-refractivity contribution is 0.135. The second-order valence-corrected chi connectivity index (χ2v) is 4.68. The Morgan fingerprint density at radius 2 is 2.12 bits per heavy atom. The predicted molar refractivity (Wildman–Crippen MR) is 68.3 cm³/mol. The molecule has 0 saturated carbocycles. The van der Waals surface area contributed by atoms with Gasteiger partial charge in [0.05, 0.1) is 18.1 Å². The van der Waals surface area contributed by atoms with Gasteiger partial charge in [-0.25, -0.2) is 0 Å². The second-order valence-electron chi connectivity index (χ2n) is 3.86. The van der Waals surface area contributed by atoms with E-state index >= 15 is 0 Å². The Balaban J connectivity index is 3.02. The Kier molecular flexibility index (Phi) is 5.12. The highest BCUT2D eigenvalue weighted by molar-refractivity contribution is 7.98. The van der Waals surface area contributed by atoms with E-state index in [4.69, 9.17) is 4.74 Å². The Hall–Kier alpha value is -0.710. The van der Waals surface area contributed by atoms with E-state index in [-0.39, 0.29) is 0 Å². The first-order valence-corrected chi connectivity index (χ1v) is 6.36. The molecule has 1 aromatic carbocycles. The van der Waals surface area contributed by atoms with Gasteiger partial charge in [0.2, 0.25) is 0 Å². The number of methoxy groups -OCH3 is 1. The number of aliphatic hydroxyl groups is 1. The van der Waals surface area contributed by atoms with E-state index in [2.05, 4.69) is 0 Å². The molecule has 0 saturated heterocycles. The molecular formula is C12H19NO2S. The Morgan fingerprint density at radius 1 is 1.44 bits per heavy atom. The fourth-order valence-electron chi connectivity index (χ4n) is 1.62. The Labute approximate surface area is 101 Å². The molecule has 4 heteroatoms. The van der Waals surface area contributed by atoms with Crippen LogP contribution < -0.4 is 4.74 Å². The van der Waals surface area contributed by atoms with Gasteiger partial charge in [0.15, 0.2) is 0 Å². The van der Waals surface area contributed by atoms with Crippen molar-refractivity contribution in [3.05, 3.63) is 23.8 Å². The molecule has 1 N–H and O–H groups in total. The number of ether oxygens (including phenoxy) is 1. The van der Waals surface area contributed by atoms with Crippen LogP contribution >= 0.6 is 11.8 Å². The standard InChI is InChI=1S/C12H19NO2S/c1-13(2)8-10(14)9-6-5-7-11(15-3)12(9)16-4/h5-7,10,14H,8H2,1-4H3. The zero-order chi connectivity index (χ0) is 12.1. The fraction of sp³-hybridized carbons (Fsp3) is 0.500. The van der Waals surface area contributed by atoms with E-state index in [9.17, 15) is 5.11 Å². The average Bonchev–Trinajstić information content (AvgIpc) is 2.26. The van der Waals surface area contributed by atoms with Crippen LogP contribution in [0.25, 0.3) is 0 Å². The summed E-state index contributed by atoms with van der Waals surface area (Å²) in [7, 11) is 5.54. The summed E-state index contributed by atoms with van der Waals surface area (Å²) in [5.41, 5.74) is 0.931. The molecule has 1 atom stereocenters. The molecule has 1 aromatic rings. The number of hydrogen-bond acceptors (Lipinski definition) is 4. The van der Waals surface area contributed by atoms with Crippen molar-refractivity contribution >= 4 is 11.8 Å². The van der Waals surface area contributed by atoms with Gasteiger partial charge in [-0.05, 0) is 32.0 Å². The van der Waals surface area contributed by atoms with Crippen LogP contribution in [-0.4, -0.2) is 44.0 Å². The summed E-state index contributed by atoms with van der Waals surface area (Å²) in [6.07, 6.45) is 1.51. The largest absolute Gasteiger partial charge is 0.496 e. The van der Waals surface area contributed by atoms with Crippen molar-refractivity contribution in [3.8, 4) is 5.75 Å². The van der Waals surface area contributed by atoms with Crippen molar-refractivity contribution in [1.29, 1.82) is 0 Å². The summed E-state index contributed by atoms with van der Waals surface area (Å²) in [6.45, 7) is 0.612. The van der Waals surface area contributed by atoms with Gasteiger partial charge in [-0.2, -0.15) is 0 Å². The van der Waals surface area contributed by atoms with Gasteiger partial charge in [-0.15, -0.1) is 11.8 Å². The molecule has 0 aliphatic heterocycles. The summed E-state index contributed by atoms with van der Waals surface area (Å²) in [6, 6.07) is 5.77. The smallest absolute Gasteiger partial charge is 0.132 e. The number of hydrogen-bond donors (Lipinski definition) is 1. The number of rotatable bonds is 5. The van der Waals surface area contributed by atoms with Crippen molar-refractivity contribution in [2.45, 2.75) is 11.0 Å². The van der Waals surface area contributed by atoms with Crippen LogP contribution in [0.5, 0.6) is 5.75 Å². The van der Waals surface area contributed by atoms with Crippen LogP contribution in [0.3, 0.4) is 0 Å². The first-order valence-electron chi connectivity index (χ1n) is 5.13. The number of nitrogens with zero attached hydrogens (tertiary/aromatic N) is 1. The average molecular weight is 241 g/mol. The fourth-order valence-corrected chi connectivity index (χ4v) is 2.41. The van der Waals surface area contributed by atoms with E-state index < -0.39 is 6.10 Å². The summed E-state index contributed by atoms with van der Waals surface area (Å²) in [5.74, 6) is 0.822. The monoisotopic (exact) mass is 241 g/mol. The van der Waals surface area contributed by atoms with Crippen LogP contribution in [0.2, 0.25) is 0 Å². The number of likely N-dealkylation sites (N-methyl/N-ethyl adjacent to an activating group) is 1. The zero-order valence-electron chi connectivity index (χ0n) is 10.2. The lowest BCUT2D eigenvalue weighted by atomic mass is 10.1. The second kappa shape index (κ2) is 6.13. The Morgan fingerprint density at radius 3 is 2.62 bits per heavy atom. The molecule has 16 heavy (non-hydrogen) atoms. The molecule has 0 heterocycles. The van der Waals surface area contributed by atoms with Crippen LogP contribution in [0, 0.1) is 0 Å². The predicted octanol–water partition coefficient (Wildman–Crippen LogP) is 2.01. The minimum atomic E-state index is -0.479. The SMILES string of the molecule is COc1cccc(C(O)CN(C)C)c1SC. The van der Waals surface area contributed by atoms with Crippen molar-refractivity contribution < 1.29 is 9.84 Å². The maximum absolute atomic E-state index is 10.1. The van der Waals surface area contributed by atoms with E-state index in [1.807, 2.05) is 43.5 Å². The Bertz CT molecular complexity index is 342. The van der Waals surface area contributed by atoms with Gasteiger partial charge >= 0.3 is 0 Å². The van der Waals surface area contributed by atoms with Gasteiger partial charge in [-0.1, -0.05) is 12.1 Å². The minimum absolute atomic E-state index is 0.479. The van der Waals surface area contributed by atoms with Crippen LogP contribution in [0.4, 0.5) is 0 Å². The van der Waals surface area contributed by atoms with Gasteiger partial charge < -0.3 is 14.7 Å². The molecule has 0 radical (unpaired) electrons. The van der Waals surface area contributed by atoms with Crippen LogP contribution in [0.1, 0.15) is 11.7 Å². The van der Waals surface area contributed by atoms with Crippen molar-refractivity contribution in [2.24, 2.45) is 0 Å². The third kappa shape index (κ3) is 3.14. The summed E-state index contributed by atoms with van der Waals surface area (Å²) < 4.78 is 5.29. The first kappa shape index (κ1) is 13.4. The molecule has 1 unspecified atom stereocenters. The minimum Gasteiger partial charge on any atom is -0.496 e. The summed E-state index contributed by atoms with van der Waals surface area (Å²) >= 11 is 1.60. The van der Waals surface area contributed by atoms with E-state index in [0.717, 1.165) is 16.2 Å². The molecule has 0 spiro atoms. The highest BCUT2D eigenvalue weighted by Crippen LogP contribution is 2.34. The topological polar surface area (TPSA) is 32.7 Å². The maximum Gasteiger partial charge on any atom is 0.132 e. The first-order chi connectivity index (χ1) is 7.60. The van der Waals surface area contributed by atoms with Crippen molar-refractivity contribution in [2.75, 3.05) is 34.0 Å². The quantitative estimate of drug-likeness (QED) is 0.799. The van der Waals surface area contributed by atoms with Gasteiger partial charge in [0.1, 0.15) is 5.75 Å². The molecule has 0 aliphatic rings. The van der Waals surface area contributed by atoms with Crippen LogP contribution in [0.15, 0.2) is 23.1 Å². The van der Waals surface area contributed by atoms with Crippen LogP contribution in [-0.2, 0) is 0 Å². The van der Waals surface area contributed by atoms with E-state index in [1.165, 1.54) is 0 Å². The number of thioether (sulfide) groups is 1. The lowest BCUT2D eigenvalue weighted by Gasteiger charge is -2.19. The highest BCUT2D eigenvalue weighted by Gasteiger charge is 2.15. The normalized spacial score (nSPS) is 12.9. The molecule has 0 fully saturated rings. The third-order valence-corrected chi connectivity index (χ3v) is 3.18. The molecule has 90 valence electrons. The number of aliphatic hydroxyl groups excluding tert-OH is 1. The lowest BCUT2D eigenvalue weighted by Crippen LogP contribution is -2.20. The number of benzene rings is 1. The molecular weight excluding hydrogens is 222 g/mol. The van der Waals surface area contributed by atoms with E-state index in [0.29, 0.717) is 6.54 Å². The maximum atomic E-state index is 10.1. The molecule has 3 nitrogen and oxygen atoms in total. The highest BCUT2D eigenvalue weighted by atomic mass is 32.2. The molecule has 0 bridgehead atoms. The van der Waals surface area contributed by atoms with Crippen molar-refractivity contribution in [1.82, 2.24) is 4.90 Å². The van der Waals surface area contributed by atoms with Crippen molar-refractivity contribution in [3.63, 3.8) is 0 Å². The molecule has 1 rings (SSSR count). The summed E-state index contributed by atoms with van der Waals surface area (Å²) in [5, 5.41) is 10.1. The zero-order valence-corrected chi connectivity index (χ0v) is 11.0. The molecule has 0 amide bonds. The molecule has 0 aromatic heterocycles.